The van der Waals surface area contributed by atoms with E-state index in [9.17, 15) is 9.59 Å². The molecule has 0 saturated heterocycles. The minimum absolute atomic E-state index is 0.0477. The molecule has 27 heavy (non-hydrogen) atoms. The fraction of sp³-hybridized carbons (Fsp3) is 0.286. The lowest BCUT2D eigenvalue weighted by molar-refractivity contribution is -0.118. The molecule has 3 aromatic rings. The lowest BCUT2D eigenvalue weighted by atomic mass is 9.98. The maximum Gasteiger partial charge on any atom is 0.261 e. The number of hydrogen-bond acceptors (Lipinski definition) is 3. The van der Waals surface area contributed by atoms with Crippen molar-refractivity contribution >= 4 is 38.4 Å². The van der Waals surface area contributed by atoms with Crippen molar-refractivity contribution in [1.29, 1.82) is 0 Å². The number of anilines is 1. The van der Waals surface area contributed by atoms with Crippen molar-refractivity contribution in [2.75, 3.05) is 11.4 Å². The molecule has 4 rings (SSSR count). The van der Waals surface area contributed by atoms with Gasteiger partial charge in [-0.1, -0.05) is 34.1 Å². The second-order valence-electron chi connectivity index (χ2n) is 6.89. The Balaban J connectivity index is 1.57. The first kappa shape index (κ1) is 17.9. The zero-order valence-corrected chi connectivity index (χ0v) is 16.7. The van der Waals surface area contributed by atoms with E-state index in [1.54, 1.807) is 6.07 Å². The maximum absolute atomic E-state index is 12.9. The van der Waals surface area contributed by atoms with Crippen molar-refractivity contribution < 1.29 is 4.79 Å². The van der Waals surface area contributed by atoms with Crippen LogP contribution in [0.5, 0.6) is 0 Å². The van der Waals surface area contributed by atoms with Gasteiger partial charge in [0.25, 0.3) is 5.56 Å². The summed E-state index contributed by atoms with van der Waals surface area (Å²) in [5.41, 5.74) is 3.93. The zero-order chi connectivity index (χ0) is 19.0. The number of fused-ring (bicyclic) bond motifs is 2. The van der Waals surface area contributed by atoms with Crippen LogP contribution >= 0.6 is 15.9 Å². The third kappa shape index (κ3) is 3.41. The molecule has 0 radical (unpaired) electrons. The van der Waals surface area contributed by atoms with Crippen LogP contribution in [0.2, 0.25) is 0 Å². The minimum Gasteiger partial charge on any atom is -0.312 e. The Morgan fingerprint density at radius 2 is 2.11 bits per heavy atom. The van der Waals surface area contributed by atoms with E-state index in [0.29, 0.717) is 17.4 Å². The number of aromatic nitrogens is 2. The van der Waals surface area contributed by atoms with Crippen LogP contribution in [-0.4, -0.2) is 22.0 Å². The molecule has 5 nitrogen and oxygen atoms in total. The van der Waals surface area contributed by atoms with Gasteiger partial charge in [-0.25, -0.2) is 4.98 Å². The van der Waals surface area contributed by atoms with Gasteiger partial charge in [0, 0.05) is 29.7 Å². The van der Waals surface area contributed by atoms with E-state index in [2.05, 4.69) is 27.0 Å². The molecule has 2 aromatic carbocycles. The molecule has 1 aliphatic heterocycles. The van der Waals surface area contributed by atoms with E-state index < -0.39 is 0 Å². The molecule has 1 aromatic heterocycles. The van der Waals surface area contributed by atoms with Crippen LogP contribution in [0.25, 0.3) is 10.9 Å². The summed E-state index contributed by atoms with van der Waals surface area (Å²) in [6.45, 7) is 3.10. The highest BCUT2D eigenvalue weighted by atomic mass is 79.9. The Bertz CT molecular complexity index is 1090. The summed E-state index contributed by atoms with van der Waals surface area (Å²) in [6.07, 6.45) is 3.77. The van der Waals surface area contributed by atoms with Gasteiger partial charge in [0.1, 0.15) is 0 Å². The number of nitrogens with zero attached hydrogens (tertiary/aromatic N) is 3. The Morgan fingerprint density at radius 1 is 1.26 bits per heavy atom. The second-order valence-corrected chi connectivity index (χ2v) is 7.80. The Morgan fingerprint density at radius 3 is 2.96 bits per heavy atom. The molecule has 0 spiro atoms. The molecular formula is C21H20BrN3O2. The minimum atomic E-state index is -0.121. The van der Waals surface area contributed by atoms with Crippen LogP contribution in [0.15, 0.2) is 52.0 Å². The van der Waals surface area contributed by atoms with Gasteiger partial charge in [-0.3, -0.25) is 14.2 Å². The molecule has 0 saturated carbocycles. The number of rotatable bonds is 3. The van der Waals surface area contributed by atoms with Crippen LogP contribution in [0.1, 0.15) is 24.0 Å². The summed E-state index contributed by atoms with van der Waals surface area (Å²) in [7, 11) is 0. The van der Waals surface area contributed by atoms with E-state index in [4.69, 9.17) is 0 Å². The maximum atomic E-state index is 12.9. The van der Waals surface area contributed by atoms with Crippen molar-refractivity contribution in [3.63, 3.8) is 0 Å². The molecule has 2 heterocycles. The highest BCUT2D eigenvalue weighted by Crippen LogP contribution is 2.30. The number of benzene rings is 2. The zero-order valence-electron chi connectivity index (χ0n) is 15.1. The molecule has 138 valence electrons. The van der Waals surface area contributed by atoms with Gasteiger partial charge in [0.15, 0.2) is 0 Å². The van der Waals surface area contributed by atoms with Gasteiger partial charge in [0.05, 0.1) is 17.2 Å². The fourth-order valence-electron chi connectivity index (χ4n) is 3.74. The van der Waals surface area contributed by atoms with Crippen molar-refractivity contribution in [2.45, 2.75) is 32.7 Å². The number of aryl methyl sites for hydroxylation is 3. The van der Waals surface area contributed by atoms with Crippen LogP contribution in [0, 0.1) is 6.92 Å². The first-order valence-electron chi connectivity index (χ1n) is 9.08. The van der Waals surface area contributed by atoms with Crippen LogP contribution in [0.4, 0.5) is 5.69 Å². The van der Waals surface area contributed by atoms with Crippen LogP contribution in [0.3, 0.4) is 0 Å². The van der Waals surface area contributed by atoms with Gasteiger partial charge in [0.2, 0.25) is 5.91 Å². The predicted molar refractivity (Wildman–Crippen MR) is 110 cm³/mol. The Labute approximate surface area is 165 Å². The summed E-state index contributed by atoms with van der Waals surface area (Å²) >= 11 is 3.39. The fourth-order valence-corrected chi connectivity index (χ4v) is 4.10. The first-order chi connectivity index (χ1) is 13.0. The average molecular weight is 426 g/mol. The quantitative estimate of drug-likeness (QED) is 0.640. The van der Waals surface area contributed by atoms with E-state index in [1.165, 1.54) is 16.5 Å². The molecule has 0 aliphatic carbocycles. The van der Waals surface area contributed by atoms with E-state index in [1.807, 2.05) is 36.1 Å². The SMILES string of the molecule is Cc1cccc2c1N(C(=O)CCn1cnc3ccc(Br)cc3c1=O)CCC2. The monoisotopic (exact) mass is 425 g/mol. The lowest BCUT2D eigenvalue weighted by Crippen LogP contribution is -2.37. The predicted octanol–water partition coefficient (Wildman–Crippen LogP) is 3.84. The summed E-state index contributed by atoms with van der Waals surface area (Å²) < 4.78 is 2.36. The normalized spacial score (nSPS) is 13.6. The summed E-state index contributed by atoms with van der Waals surface area (Å²) in [6, 6.07) is 11.6. The highest BCUT2D eigenvalue weighted by molar-refractivity contribution is 9.10. The van der Waals surface area contributed by atoms with Crippen molar-refractivity contribution in [3.05, 3.63) is 68.7 Å². The molecule has 0 N–H and O–H groups in total. The van der Waals surface area contributed by atoms with E-state index in [0.717, 1.165) is 35.1 Å². The van der Waals surface area contributed by atoms with Crippen LogP contribution in [-0.2, 0) is 17.8 Å². The third-order valence-electron chi connectivity index (χ3n) is 5.07. The number of amides is 1. The number of hydrogen-bond donors (Lipinski definition) is 0. The molecule has 1 aliphatic rings. The molecular weight excluding hydrogens is 406 g/mol. The van der Waals surface area contributed by atoms with Crippen LogP contribution < -0.4 is 10.5 Å². The number of para-hydroxylation sites is 1. The lowest BCUT2D eigenvalue weighted by Gasteiger charge is -2.31. The smallest absolute Gasteiger partial charge is 0.261 e. The summed E-state index contributed by atoms with van der Waals surface area (Å²) in [4.78, 5) is 31.8. The number of halogens is 1. The summed E-state index contributed by atoms with van der Waals surface area (Å²) in [5.74, 6) is 0.0477. The molecule has 6 heteroatoms. The Hall–Kier alpha value is -2.47. The molecule has 0 fully saturated rings. The molecule has 1 amide bonds. The van der Waals surface area contributed by atoms with Crippen molar-refractivity contribution in [1.82, 2.24) is 9.55 Å². The van der Waals surface area contributed by atoms with E-state index >= 15 is 0 Å². The first-order valence-corrected chi connectivity index (χ1v) is 9.87. The van der Waals surface area contributed by atoms with Crippen molar-refractivity contribution in [3.8, 4) is 0 Å². The highest BCUT2D eigenvalue weighted by Gasteiger charge is 2.23. The topological polar surface area (TPSA) is 55.2 Å². The number of carbonyl (C=O) groups excluding carboxylic acids is 1. The molecule has 0 atom stereocenters. The third-order valence-corrected chi connectivity index (χ3v) is 5.57. The summed E-state index contributed by atoms with van der Waals surface area (Å²) in [5, 5.41) is 0.554. The van der Waals surface area contributed by atoms with Crippen molar-refractivity contribution in [2.24, 2.45) is 0 Å². The largest absolute Gasteiger partial charge is 0.312 e. The van der Waals surface area contributed by atoms with Gasteiger partial charge in [-0.05, 0) is 49.1 Å². The van der Waals surface area contributed by atoms with Gasteiger partial charge in [-0.15, -0.1) is 0 Å². The Kier molecular flexibility index (Phi) is 4.83. The van der Waals surface area contributed by atoms with Gasteiger partial charge in [-0.2, -0.15) is 0 Å². The van der Waals surface area contributed by atoms with Gasteiger partial charge < -0.3 is 4.90 Å². The number of carbonyl (C=O) groups is 1. The standard InChI is InChI=1S/C21H20BrN3O2/c1-14-4-2-5-15-6-3-10-25(20(14)15)19(26)9-11-24-13-23-18-8-7-16(22)12-17(18)21(24)27/h2,4-5,7-8,12-13H,3,6,9-11H2,1H3. The molecule has 0 bridgehead atoms. The van der Waals surface area contributed by atoms with E-state index in [-0.39, 0.29) is 17.9 Å². The second kappa shape index (κ2) is 7.27. The van der Waals surface area contributed by atoms with Gasteiger partial charge >= 0.3 is 0 Å². The average Bonchev–Trinajstić information content (AvgIpc) is 2.67. The molecule has 0 unspecified atom stereocenters.